The number of amides is 1. The van der Waals surface area contributed by atoms with E-state index in [9.17, 15) is 19.1 Å². The van der Waals surface area contributed by atoms with Crippen molar-refractivity contribution in [2.24, 2.45) is 11.8 Å². The molecule has 7 heteroatoms. The number of carbonyl (C=O) groups excluding carboxylic acids is 2. The van der Waals surface area contributed by atoms with Gasteiger partial charge in [-0.05, 0) is 61.4 Å². The highest BCUT2D eigenvalue weighted by atomic mass is 19.1. The fraction of sp³-hybridized carbons (Fsp3) is 0.333. The van der Waals surface area contributed by atoms with E-state index in [1.54, 1.807) is 18.2 Å². The van der Waals surface area contributed by atoms with E-state index in [0.717, 1.165) is 37.6 Å². The molecule has 1 aliphatic heterocycles. The lowest BCUT2D eigenvalue weighted by Gasteiger charge is -2.37. The number of halogens is 1. The Hall–Kier alpha value is -3.35. The monoisotopic (exact) mass is 422 g/mol. The molecule has 1 fully saturated rings. The maximum atomic E-state index is 13.1. The molecule has 0 bridgehead atoms. The Morgan fingerprint density at radius 1 is 0.806 bits per heavy atom. The molecule has 6 nitrogen and oxygen atoms in total. The molecule has 0 unspecified atom stereocenters. The van der Waals surface area contributed by atoms with Crippen LogP contribution < -0.4 is 20.2 Å². The summed E-state index contributed by atoms with van der Waals surface area (Å²) in [7, 11) is 0. The zero-order chi connectivity index (χ0) is 21.8. The molecule has 0 saturated carbocycles. The number of nitrogens with one attached hydrogen (secondary N) is 1. The molecular weight excluding hydrogens is 397 g/mol. The van der Waals surface area contributed by atoms with Gasteiger partial charge in [0, 0.05) is 55.1 Å². The van der Waals surface area contributed by atoms with Crippen molar-refractivity contribution in [2.45, 2.75) is 12.8 Å². The van der Waals surface area contributed by atoms with Crippen molar-refractivity contribution >= 4 is 28.9 Å². The molecule has 162 valence electrons. The molecule has 1 amide bonds. The number of carboxylic acids is 1. The molecule has 2 aromatic carbocycles. The minimum atomic E-state index is -1.18. The second kappa shape index (κ2) is 9.20. The molecule has 2 atom stereocenters. The van der Waals surface area contributed by atoms with Crippen LogP contribution in [0.3, 0.4) is 0 Å². The van der Waals surface area contributed by atoms with Gasteiger partial charge in [-0.2, -0.15) is 0 Å². The minimum Gasteiger partial charge on any atom is -0.550 e. The maximum Gasteiger partial charge on any atom is 0.228 e. The van der Waals surface area contributed by atoms with E-state index < -0.39 is 17.8 Å². The quantitative estimate of drug-likeness (QED) is 0.749. The molecule has 31 heavy (non-hydrogen) atoms. The summed E-state index contributed by atoms with van der Waals surface area (Å²) in [4.78, 5) is 28.4. The summed E-state index contributed by atoms with van der Waals surface area (Å²) in [6.07, 6.45) is 4.36. The summed E-state index contributed by atoms with van der Waals surface area (Å²) < 4.78 is 13.1. The van der Waals surface area contributed by atoms with Crippen LogP contribution in [0.25, 0.3) is 0 Å². The van der Waals surface area contributed by atoms with Gasteiger partial charge in [0.05, 0.1) is 5.92 Å². The van der Waals surface area contributed by atoms with Gasteiger partial charge in [0.1, 0.15) is 5.82 Å². The van der Waals surface area contributed by atoms with Gasteiger partial charge in [-0.3, -0.25) is 4.79 Å². The van der Waals surface area contributed by atoms with E-state index in [1.807, 2.05) is 30.3 Å². The van der Waals surface area contributed by atoms with Crippen LogP contribution in [0, 0.1) is 17.7 Å². The SMILES string of the molecule is O=C(Nc1ccc(N2CCN(c3ccc(F)cc3)CC2)cc1)[C@H]1CC=CC[C@H]1C(=O)[O-]. The van der Waals surface area contributed by atoms with Crippen molar-refractivity contribution in [1.29, 1.82) is 0 Å². The molecule has 0 aromatic heterocycles. The smallest absolute Gasteiger partial charge is 0.228 e. The third-order valence-electron chi connectivity index (χ3n) is 6.04. The largest absolute Gasteiger partial charge is 0.550 e. The summed E-state index contributed by atoms with van der Waals surface area (Å²) in [6.45, 7) is 3.35. The van der Waals surface area contributed by atoms with Crippen LogP contribution in [0.15, 0.2) is 60.7 Å². The van der Waals surface area contributed by atoms with Gasteiger partial charge in [-0.1, -0.05) is 12.2 Å². The second-order valence-electron chi connectivity index (χ2n) is 7.96. The summed E-state index contributed by atoms with van der Waals surface area (Å²) in [5, 5.41) is 14.2. The first-order chi connectivity index (χ1) is 15.0. The van der Waals surface area contributed by atoms with Gasteiger partial charge in [-0.25, -0.2) is 4.39 Å². The van der Waals surface area contributed by atoms with Gasteiger partial charge in [0.15, 0.2) is 0 Å². The average molecular weight is 422 g/mol. The summed E-state index contributed by atoms with van der Waals surface area (Å²) in [5.74, 6) is -3.11. The molecular formula is C24H25FN3O3-. The molecule has 2 aliphatic rings. The number of allylic oxidation sites excluding steroid dienone is 2. The second-order valence-corrected chi connectivity index (χ2v) is 7.96. The van der Waals surface area contributed by atoms with E-state index in [2.05, 4.69) is 15.1 Å². The normalized spacial score (nSPS) is 21.1. The number of piperazine rings is 1. The lowest BCUT2D eigenvalue weighted by atomic mass is 9.82. The van der Waals surface area contributed by atoms with Crippen molar-refractivity contribution < 1.29 is 19.1 Å². The first kappa shape index (κ1) is 20.9. The van der Waals surface area contributed by atoms with Crippen LogP contribution in [0.1, 0.15) is 12.8 Å². The van der Waals surface area contributed by atoms with Crippen molar-refractivity contribution in [3.63, 3.8) is 0 Å². The molecule has 2 aromatic rings. The first-order valence-electron chi connectivity index (χ1n) is 10.5. The fourth-order valence-electron chi connectivity index (χ4n) is 4.23. The van der Waals surface area contributed by atoms with Crippen LogP contribution in [0.2, 0.25) is 0 Å². The van der Waals surface area contributed by atoms with Gasteiger partial charge >= 0.3 is 0 Å². The Morgan fingerprint density at radius 2 is 1.29 bits per heavy atom. The Bertz CT molecular complexity index is 951. The van der Waals surface area contributed by atoms with Crippen LogP contribution in [-0.4, -0.2) is 38.1 Å². The maximum absolute atomic E-state index is 13.1. The molecule has 4 rings (SSSR count). The van der Waals surface area contributed by atoms with Crippen LogP contribution in [-0.2, 0) is 9.59 Å². The molecule has 0 radical (unpaired) electrons. The average Bonchev–Trinajstić information content (AvgIpc) is 2.80. The first-order valence-corrected chi connectivity index (χ1v) is 10.5. The Balaban J connectivity index is 1.33. The third kappa shape index (κ3) is 4.87. The summed E-state index contributed by atoms with van der Waals surface area (Å²) in [6, 6.07) is 14.2. The Morgan fingerprint density at radius 3 is 1.81 bits per heavy atom. The predicted molar refractivity (Wildman–Crippen MR) is 116 cm³/mol. The van der Waals surface area contributed by atoms with Crippen LogP contribution >= 0.6 is 0 Å². The van der Waals surface area contributed by atoms with E-state index in [0.29, 0.717) is 18.5 Å². The van der Waals surface area contributed by atoms with Crippen LogP contribution in [0.5, 0.6) is 0 Å². The highest BCUT2D eigenvalue weighted by Crippen LogP contribution is 2.27. The lowest BCUT2D eigenvalue weighted by molar-refractivity contribution is -0.313. The number of anilines is 3. The third-order valence-corrected chi connectivity index (χ3v) is 6.04. The zero-order valence-electron chi connectivity index (χ0n) is 17.2. The number of benzene rings is 2. The molecule has 1 aliphatic carbocycles. The number of hydrogen-bond acceptors (Lipinski definition) is 5. The molecule has 1 heterocycles. The number of rotatable bonds is 5. The topological polar surface area (TPSA) is 75.7 Å². The van der Waals surface area contributed by atoms with Crippen molar-refractivity contribution in [3.05, 3.63) is 66.5 Å². The Kier molecular flexibility index (Phi) is 6.21. The fourth-order valence-corrected chi connectivity index (χ4v) is 4.23. The van der Waals surface area contributed by atoms with Crippen LogP contribution in [0.4, 0.5) is 21.5 Å². The van der Waals surface area contributed by atoms with Gasteiger partial charge < -0.3 is 25.0 Å². The zero-order valence-corrected chi connectivity index (χ0v) is 17.2. The molecule has 1 N–H and O–H groups in total. The van der Waals surface area contributed by atoms with Gasteiger partial charge in [0.25, 0.3) is 0 Å². The predicted octanol–water partition coefficient (Wildman–Crippen LogP) is 2.42. The van der Waals surface area contributed by atoms with E-state index in [1.165, 1.54) is 12.1 Å². The van der Waals surface area contributed by atoms with Crippen molar-refractivity contribution in [2.75, 3.05) is 41.3 Å². The summed E-state index contributed by atoms with van der Waals surface area (Å²) >= 11 is 0. The highest BCUT2D eigenvalue weighted by Gasteiger charge is 2.29. The Labute approximate surface area is 181 Å². The number of aliphatic carboxylic acids is 1. The standard InChI is InChI=1S/C24H26FN3O3/c25-17-5-9-19(10-6-17)27-13-15-28(16-14-27)20-11-7-18(8-12-20)26-23(29)21-3-1-2-4-22(21)24(30)31/h1-2,5-12,21-22H,3-4,13-16H2,(H,26,29)(H,30,31)/p-1/t21-,22+/m0/s1. The van der Waals surface area contributed by atoms with E-state index in [4.69, 9.17) is 0 Å². The lowest BCUT2D eigenvalue weighted by Crippen LogP contribution is -2.46. The minimum absolute atomic E-state index is 0.232. The number of hydrogen-bond donors (Lipinski definition) is 1. The van der Waals surface area contributed by atoms with E-state index in [-0.39, 0.29) is 11.7 Å². The molecule has 0 spiro atoms. The van der Waals surface area contributed by atoms with Gasteiger partial charge in [0.2, 0.25) is 5.91 Å². The van der Waals surface area contributed by atoms with Crippen molar-refractivity contribution in [3.8, 4) is 0 Å². The number of nitrogens with zero attached hydrogens (tertiary/aromatic N) is 2. The summed E-state index contributed by atoms with van der Waals surface area (Å²) in [5.41, 5.74) is 2.72. The highest BCUT2D eigenvalue weighted by molar-refractivity contribution is 5.95. The van der Waals surface area contributed by atoms with Gasteiger partial charge in [-0.15, -0.1) is 0 Å². The van der Waals surface area contributed by atoms with Crippen molar-refractivity contribution in [1.82, 2.24) is 0 Å². The number of carbonyl (C=O) groups is 2. The molecule has 1 saturated heterocycles. The number of carboxylic acid groups (broad SMARTS) is 1. The van der Waals surface area contributed by atoms with E-state index >= 15 is 0 Å².